The summed E-state index contributed by atoms with van der Waals surface area (Å²) in [6, 6.07) is 9.38. The molecule has 1 saturated heterocycles. The van der Waals surface area contributed by atoms with Gasteiger partial charge in [-0.05, 0) is 89.6 Å². The number of hydrogen-bond donors (Lipinski definition) is 1. The zero-order chi connectivity index (χ0) is 26.4. The molecule has 7 heteroatoms. The molecule has 3 aromatic rings. The highest BCUT2D eigenvalue weighted by atomic mass is 16.5. The van der Waals surface area contributed by atoms with Crippen molar-refractivity contribution in [3.05, 3.63) is 42.2 Å². The molecule has 1 saturated carbocycles. The topological polar surface area (TPSA) is 68.1 Å². The van der Waals surface area contributed by atoms with E-state index in [1.165, 1.54) is 25.7 Å². The van der Waals surface area contributed by atoms with Crippen molar-refractivity contribution in [1.29, 1.82) is 0 Å². The SMILES string of the molecule is COc1cc(-c2cnn(C3CCCC3)c2)cc(C)c1-c1ccc(N(C)C2CC(C)(C)NC(C)(C)C2)nn1. The van der Waals surface area contributed by atoms with Crippen LogP contribution in [0.15, 0.2) is 36.7 Å². The van der Waals surface area contributed by atoms with Crippen molar-refractivity contribution in [2.24, 2.45) is 0 Å². The minimum atomic E-state index is 0.0773. The zero-order valence-electron chi connectivity index (χ0n) is 23.5. The summed E-state index contributed by atoms with van der Waals surface area (Å²) in [4.78, 5) is 2.29. The Morgan fingerprint density at radius 3 is 2.32 bits per heavy atom. The molecule has 5 rings (SSSR count). The second-order valence-corrected chi connectivity index (χ2v) is 12.4. The summed E-state index contributed by atoms with van der Waals surface area (Å²) >= 11 is 0. The number of ether oxygens (including phenoxy) is 1. The fraction of sp³-hybridized carbons (Fsp3) is 0.567. The first-order valence-corrected chi connectivity index (χ1v) is 13.6. The van der Waals surface area contributed by atoms with Crippen molar-refractivity contribution >= 4 is 5.82 Å². The highest BCUT2D eigenvalue weighted by Crippen LogP contribution is 2.38. The Morgan fingerprint density at radius 2 is 1.70 bits per heavy atom. The third kappa shape index (κ3) is 5.37. The number of aromatic nitrogens is 4. The summed E-state index contributed by atoms with van der Waals surface area (Å²) < 4.78 is 8.00. The largest absolute Gasteiger partial charge is 0.496 e. The summed E-state index contributed by atoms with van der Waals surface area (Å²) in [5.74, 6) is 1.70. The number of hydrogen-bond acceptors (Lipinski definition) is 6. The van der Waals surface area contributed by atoms with Crippen LogP contribution in [-0.2, 0) is 0 Å². The van der Waals surface area contributed by atoms with E-state index in [0.717, 1.165) is 52.4 Å². The van der Waals surface area contributed by atoms with E-state index in [1.54, 1.807) is 7.11 Å². The lowest BCUT2D eigenvalue weighted by Gasteiger charge is -2.49. The Bertz CT molecular complexity index is 1220. The minimum absolute atomic E-state index is 0.0773. The van der Waals surface area contributed by atoms with Gasteiger partial charge in [0.05, 0.1) is 25.0 Å². The van der Waals surface area contributed by atoms with Crippen molar-refractivity contribution in [2.75, 3.05) is 19.1 Å². The molecule has 2 fully saturated rings. The summed E-state index contributed by atoms with van der Waals surface area (Å²) in [6.07, 6.45) is 11.3. The standard InChI is InChI=1S/C30H42N6O/c1-20-14-21(22-18-31-36(19-22)23-10-8-9-11-23)15-26(37-7)28(20)25-12-13-27(33-32-25)35(6)24-16-29(2,3)34-30(4,5)17-24/h12-15,18-19,23-24,34H,8-11,16-17H2,1-7H3. The van der Waals surface area contributed by atoms with Crippen LogP contribution in [0.3, 0.4) is 0 Å². The maximum atomic E-state index is 5.86. The smallest absolute Gasteiger partial charge is 0.151 e. The number of piperidine rings is 1. The number of rotatable bonds is 6. The Balaban J connectivity index is 1.39. The van der Waals surface area contributed by atoms with Crippen LogP contribution >= 0.6 is 0 Å². The molecule has 0 bridgehead atoms. The van der Waals surface area contributed by atoms with Gasteiger partial charge in [0.1, 0.15) is 5.75 Å². The van der Waals surface area contributed by atoms with E-state index < -0.39 is 0 Å². The second-order valence-electron chi connectivity index (χ2n) is 12.4. The summed E-state index contributed by atoms with van der Waals surface area (Å²) in [6.45, 7) is 11.2. The molecule has 2 aliphatic rings. The fourth-order valence-corrected chi connectivity index (χ4v) is 6.64. The van der Waals surface area contributed by atoms with Crippen molar-refractivity contribution in [1.82, 2.24) is 25.3 Å². The van der Waals surface area contributed by atoms with Gasteiger partial charge in [0.2, 0.25) is 0 Å². The highest BCUT2D eigenvalue weighted by Gasteiger charge is 2.39. The van der Waals surface area contributed by atoms with Crippen LogP contribution in [0.1, 0.15) is 77.8 Å². The van der Waals surface area contributed by atoms with Crippen LogP contribution in [0.2, 0.25) is 0 Å². The van der Waals surface area contributed by atoms with Crippen LogP contribution < -0.4 is 15.0 Å². The van der Waals surface area contributed by atoms with Gasteiger partial charge in [0.25, 0.3) is 0 Å². The van der Waals surface area contributed by atoms with E-state index in [1.807, 2.05) is 6.20 Å². The van der Waals surface area contributed by atoms with Crippen molar-refractivity contribution in [3.8, 4) is 28.1 Å². The number of methoxy groups -OCH3 is 1. The summed E-state index contributed by atoms with van der Waals surface area (Å²) in [5.41, 5.74) is 5.31. The van der Waals surface area contributed by atoms with E-state index in [0.29, 0.717) is 12.1 Å². The number of nitrogens with one attached hydrogen (secondary N) is 1. The molecule has 37 heavy (non-hydrogen) atoms. The van der Waals surface area contributed by atoms with Gasteiger partial charge in [-0.3, -0.25) is 4.68 Å². The Kier molecular flexibility index (Phi) is 6.77. The van der Waals surface area contributed by atoms with Gasteiger partial charge >= 0.3 is 0 Å². The number of aryl methyl sites for hydroxylation is 1. The molecule has 1 aliphatic heterocycles. The monoisotopic (exact) mass is 502 g/mol. The van der Waals surface area contributed by atoms with Crippen LogP contribution in [-0.4, -0.2) is 51.3 Å². The van der Waals surface area contributed by atoms with E-state index >= 15 is 0 Å². The maximum absolute atomic E-state index is 5.86. The van der Waals surface area contributed by atoms with Crippen LogP contribution in [0.5, 0.6) is 5.75 Å². The van der Waals surface area contributed by atoms with E-state index in [4.69, 9.17) is 4.74 Å². The van der Waals surface area contributed by atoms with Gasteiger partial charge in [0, 0.05) is 41.5 Å². The lowest BCUT2D eigenvalue weighted by molar-refractivity contribution is 0.160. The highest BCUT2D eigenvalue weighted by molar-refractivity contribution is 5.77. The first-order valence-electron chi connectivity index (χ1n) is 13.6. The first-order chi connectivity index (χ1) is 17.5. The molecule has 1 aromatic carbocycles. The molecule has 198 valence electrons. The molecule has 1 aliphatic carbocycles. The fourth-order valence-electron chi connectivity index (χ4n) is 6.64. The van der Waals surface area contributed by atoms with Gasteiger partial charge in [-0.1, -0.05) is 18.9 Å². The number of anilines is 1. The molecule has 0 amide bonds. The molecule has 3 heterocycles. The zero-order valence-corrected chi connectivity index (χ0v) is 23.5. The molecular weight excluding hydrogens is 460 g/mol. The quantitative estimate of drug-likeness (QED) is 0.434. The molecule has 2 aromatic heterocycles. The van der Waals surface area contributed by atoms with Gasteiger partial charge in [-0.25, -0.2) is 0 Å². The minimum Gasteiger partial charge on any atom is -0.496 e. The predicted octanol–water partition coefficient (Wildman–Crippen LogP) is 6.18. The summed E-state index contributed by atoms with van der Waals surface area (Å²) in [5, 5.41) is 17.8. The molecule has 1 N–H and O–H groups in total. The molecule has 0 unspecified atom stereocenters. The maximum Gasteiger partial charge on any atom is 0.151 e. The molecule has 0 radical (unpaired) electrons. The molecule has 0 atom stereocenters. The predicted molar refractivity (Wildman–Crippen MR) is 150 cm³/mol. The van der Waals surface area contributed by atoms with Crippen molar-refractivity contribution in [2.45, 2.75) is 96.3 Å². The average molecular weight is 503 g/mol. The van der Waals surface area contributed by atoms with Crippen LogP contribution in [0.4, 0.5) is 5.82 Å². The van der Waals surface area contributed by atoms with Crippen molar-refractivity contribution < 1.29 is 4.74 Å². The molecule has 7 nitrogen and oxygen atoms in total. The Hall–Kier alpha value is -2.93. The summed E-state index contributed by atoms with van der Waals surface area (Å²) in [7, 11) is 3.86. The lowest BCUT2D eigenvalue weighted by Crippen LogP contribution is -2.62. The van der Waals surface area contributed by atoms with E-state index in [2.05, 4.69) is 102 Å². The third-order valence-corrected chi connectivity index (χ3v) is 8.14. The third-order valence-electron chi connectivity index (χ3n) is 8.14. The molecule has 0 spiro atoms. The van der Waals surface area contributed by atoms with Gasteiger partial charge < -0.3 is 15.0 Å². The van der Waals surface area contributed by atoms with E-state index in [9.17, 15) is 0 Å². The second kappa shape index (κ2) is 9.75. The van der Waals surface area contributed by atoms with Gasteiger partial charge in [-0.15, -0.1) is 10.2 Å². The normalized spacial score (nSPS) is 19.8. The van der Waals surface area contributed by atoms with E-state index in [-0.39, 0.29) is 11.1 Å². The van der Waals surface area contributed by atoms with Crippen LogP contribution in [0.25, 0.3) is 22.4 Å². The lowest BCUT2D eigenvalue weighted by atomic mass is 9.79. The average Bonchev–Trinajstić information content (AvgIpc) is 3.53. The Labute approximate surface area is 221 Å². The Morgan fingerprint density at radius 1 is 1.00 bits per heavy atom. The van der Waals surface area contributed by atoms with Gasteiger partial charge in [-0.2, -0.15) is 5.10 Å². The number of benzene rings is 1. The van der Waals surface area contributed by atoms with Crippen LogP contribution in [0, 0.1) is 6.92 Å². The first kappa shape index (κ1) is 25.7. The number of nitrogens with zero attached hydrogens (tertiary/aromatic N) is 5. The van der Waals surface area contributed by atoms with Crippen molar-refractivity contribution in [3.63, 3.8) is 0 Å². The van der Waals surface area contributed by atoms with Gasteiger partial charge in [0.15, 0.2) is 5.82 Å². The molecular formula is C30H42N6O.